The third-order valence-corrected chi connectivity index (χ3v) is 7.76. The van der Waals surface area contributed by atoms with Gasteiger partial charge in [-0.25, -0.2) is 31.4 Å². The van der Waals surface area contributed by atoms with Crippen LogP contribution in [0.15, 0.2) is 29.4 Å². The maximum absolute atomic E-state index is 15.6. The van der Waals surface area contributed by atoms with Crippen LogP contribution in [-0.2, 0) is 16.9 Å². The Morgan fingerprint density at radius 3 is 2.53 bits per heavy atom. The zero-order valence-electron chi connectivity index (χ0n) is 17.3. The van der Waals surface area contributed by atoms with Gasteiger partial charge in [-0.05, 0) is 31.9 Å². The number of nitrogens with one attached hydrogen (secondary N) is 1. The largest absolute Gasteiger partial charge is 0.325 e. The van der Waals surface area contributed by atoms with Gasteiger partial charge in [0.15, 0.2) is 0 Å². The van der Waals surface area contributed by atoms with E-state index in [4.69, 9.17) is 5.26 Å². The first kappa shape index (κ1) is 23.5. The number of nitrogens with zero attached hydrogens (tertiary/aromatic N) is 5. The first-order chi connectivity index (χ1) is 15.0. The van der Waals surface area contributed by atoms with Crippen molar-refractivity contribution in [1.29, 1.82) is 5.26 Å². The van der Waals surface area contributed by atoms with Crippen molar-refractivity contribution in [3.8, 4) is 6.07 Å². The molecule has 3 rings (SSSR count). The number of rotatable bonds is 5. The lowest BCUT2D eigenvalue weighted by Crippen LogP contribution is -2.48. The van der Waals surface area contributed by atoms with Crippen LogP contribution in [0.5, 0.6) is 0 Å². The van der Waals surface area contributed by atoms with E-state index in [2.05, 4.69) is 15.4 Å². The summed E-state index contributed by atoms with van der Waals surface area (Å²) in [6.07, 6.45) is -0.921. The van der Waals surface area contributed by atoms with Gasteiger partial charge in [-0.3, -0.25) is 4.68 Å². The monoisotopic (exact) mass is 470 g/mol. The van der Waals surface area contributed by atoms with Crippen LogP contribution >= 0.6 is 0 Å². The van der Waals surface area contributed by atoms with Gasteiger partial charge in [0.1, 0.15) is 22.4 Å². The Balaban J connectivity index is 1.69. The van der Waals surface area contributed by atoms with Crippen molar-refractivity contribution in [2.75, 3.05) is 18.4 Å². The maximum Gasteiger partial charge on any atom is 0.321 e. The number of halogens is 3. The molecule has 1 atom stereocenters. The van der Waals surface area contributed by atoms with E-state index in [1.807, 2.05) is 6.07 Å². The molecule has 172 valence electrons. The van der Waals surface area contributed by atoms with Crippen LogP contribution in [0.3, 0.4) is 0 Å². The Morgan fingerprint density at radius 2 is 2.00 bits per heavy atom. The number of likely N-dealkylation sites (tertiary alicyclic amines) is 1. The lowest BCUT2D eigenvalue weighted by atomic mass is 9.92. The van der Waals surface area contributed by atoms with E-state index in [-0.39, 0.29) is 31.6 Å². The van der Waals surface area contributed by atoms with Gasteiger partial charge >= 0.3 is 6.03 Å². The number of urea groups is 1. The summed E-state index contributed by atoms with van der Waals surface area (Å²) >= 11 is 0. The quantitative estimate of drug-likeness (QED) is 0.717. The molecule has 0 aromatic carbocycles. The lowest BCUT2D eigenvalue weighted by molar-refractivity contribution is 0.116. The van der Waals surface area contributed by atoms with Gasteiger partial charge in [-0.15, -0.1) is 0 Å². The molecular formula is C19H21F3N6O3S. The summed E-state index contributed by atoms with van der Waals surface area (Å²) in [4.78, 5) is 16.9. The van der Waals surface area contributed by atoms with Crippen LogP contribution in [0.1, 0.15) is 37.6 Å². The van der Waals surface area contributed by atoms with Gasteiger partial charge in [0, 0.05) is 32.3 Å². The van der Waals surface area contributed by atoms with Gasteiger partial charge in [-0.2, -0.15) is 10.4 Å². The summed E-state index contributed by atoms with van der Waals surface area (Å²) < 4.78 is 68.8. The molecule has 2 aromatic rings. The molecule has 1 saturated heterocycles. The molecule has 1 fully saturated rings. The predicted octanol–water partition coefficient (Wildman–Crippen LogP) is 3.03. The topological polar surface area (TPSA) is 121 Å². The molecule has 13 heteroatoms. The number of amides is 2. The lowest BCUT2D eigenvalue weighted by Gasteiger charge is -2.37. The normalized spacial score (nSPS) is 17.1. The van der Waals surface area contributed by atoms with E-state index in [1.54, 1.807) is 0 Å². The molecule has 3 heterocycles. The second-order valence-electron chi connectivity index (χ2n) is 7.58. The van der Waals surface area contributed by atoms with Gasteiger partial charge < -0.3 is 10.2 Å². The Hall–Kier alpha value is -3.14. The highest BCUT2D eigenvalue weighted by Crippen LogP contribution is 2.41. The average Bonchev–Trinajstić information content (AvgIpc) is 3.17. The van der Waals surface area contributed by atoms with Crippen molar-refractivity contribution in [2.45, 2.75) is 36.1 Å². The molecule has 0 bridgehead atoms. The number of aryl methyl sites for hydroxylation is 1. The molecule has 0 aliphatic carbocycles. The minimum Gasteiger partial charge on any atom is -0.325 e. The van der Waals surface area contributed by atoms with Gasteiger partial charge in [-0.1, -0.05) is 0 Å². The fourth-order valence-corrected chi connectivity index (χ4v) is 5.41. The fourth-order valence-electron chi connectivity index (χ4n) is 3.61. The van der Waals surface area contributed by atoms with Crippen molar-refractivity contribution in [1.82, 2.24) is 19.7 Å². The SMILES string of the molecule is Cn1cc(S(=O)(=O)C(C)(F)C2CCN(C(=O)Nc3ccc(C#N)nc3)CC2)c(C(F)F)n1. The third kappa shape index (κ3) is 4.40. The second kappa shape index (κ2) is 8.78. The van der Waals surface area contributed by atoms with E-state index in [1.165, 1.54) is 30.3 Å². The van der Waals surface area contributed by atoms with E-state index in [0.29, 0.717) is 5.69 Å². The number of anilines is 1. The Bertz CT molecular complexity index is 1130. The first-order valence-corrected chi connectivity index (χ1v) is 11.1. The van der Waals surface area contributed by atoms with Gasteiger partial charge in [0.05, 0.1) is 11.9 Å². The Kier molecular flexibility index (Phi) is 6.45. The molecular weight excluding hydrogens is 449 g/mol. The molecule has 9 nitrogen and oxygen atoms in total. The van der Waals surface area contributed by atoms with Crippen molar-refractivity contribution in [3.63, 3.8) is 0 Å². The maximum atomic E-state index is 15.6. The highest BCUT2D eigenvalue weighted by Gasteiger charge is 2.50. The highest BCUT2D eigenvalue weighted by atomic mass is 32.2. The summed E-state index contributed by atoms with van der Waals surface area (Å²) in [5.74, 6) is -1.00. The molecule has 0 radical (unpaired) electrons. The average molecular weight is 470 g/mol. The summed E-state index contributed by atoms with van der Waals surface area (Å²) in [5, 5.41) is 12.0. The first-order valence-electron chi connectivity index (χ1n) is 9.64. The van der Waals surface area contributed by atoms with Crippen molar-refractivity contribution < 1.29 is 26.4 Å². The number of aromatic nitrogens is 3. The number of alkyl halides is 3. The third-order valence-electron chi connectivity index (χ3n) is 5.48. The Morgan fingerprint density at radius 1 is 1.34 bits per heavy atom. The minimum atomic E-state index is -4.77. The predicted molar refractivity (Wildman–Crippen MR) is 107 cm³/mol. The highest BCUT2D eigenvalue weighted by molar-refractivity contribution is 7.92. The number of hydrogen-bond acceptors (Lipinski definition) is 6. The molecule has 0 spiro atoms. The van der Waals surface area contributed by atoms with Crippen molar-refractivity contribution in [3.05, 3.63) is 35.9 Å². The van der Waals surface area contributed by atoms with Crippen molar-refractivity contribution >= 4 is 21.6 Å². The molecule has 2 amide bonds. The number of sulfone groups is 1. The van der Waals surface area contributed by atoms with Gasteiger partial charge in [0.25, 0.3) is 6.43 Å². The van der Waals surface area contributed by atoms with Crippen molar-refractivity contribution in [2.24, 2.45) is 13.0 Å². The van der Waals surface area contributed by atoms with E-state index < -0.39 is 43.8 Å². The molecule has 32 heavy (non-hydrogen) atoms. The molecule has 1 aliphatic rings. The summed E-state index contributed by atoms with van der Waals surface area (Å²) in [5.41, 5.74) is -0.426. The summed E-state index contributed by atoms with van der Waals surface area (Å²) in [7, 11) is -3.49. The van der Waals surface area contributed by atoms with E-state index in [0.717, 1.165) is 17.8 Å². The van der Waals surface area contributed by atoms with Crippen LogP contribution in [0, 0.1) is 17.2 Å². The van der Waals surface area contributed by atoms with E-state index >= 15 is 4.39 Å². The smallest absolute Gasteiger partial charge is 0.321 e. The molecule has 1 N–H and O–H groups in total. The number of hydrogen-bond donors (Lipinski definition) is 1. The minimum absolute atomic E-state index is 0.0234. The molecule has 1 unspecified atom stereocenters. The van der Waals surface area contributed by atoms with Crippen LogP contribution in [-0.4, -0.2) is 52.2 Å². The van der Waals surface area contributed by atoms with Gasteiger partial charge in [0.2, 0.25) is 14.8 Å². The van der Waals surface area contributed by atoms with Crippen LogP contribution in [0.2, 0.25) is 0 Å². The number of pyridine rings is 1. The van der Waals surface area contributed by atoms with Crippen LogP contribution < -0.4 is 5.32 Å². The number of carbonyl (C=O) groups excluding carboxylic acids is 1. The zero-order valence-corrected chi connectivity index (χ0v) is 18.1. The molecule has 1 aliphatic heterocycles. The summed E-state index contributed by atoms with van der Waals surface area (Å²) in [6.45, 7) is 1.02. The summed E-state index contributed by atoms with van der Waals surface area (Å²) in [6, 6.07) is 4.33. The zero-order chi connectivity index (χ0) is 23.7. The number of carbonyl (C=O) groups is 1. The Labute approximate surface area is 182 Å². The molecule has 0 saturated carbocycles. The second-order valence-corrected chi connectivity index (χ2v) is 9.82. The number of nitriles is 1. The fraction of sp³-hybridized carbons (Fsp3) is 0.474. The van der Waals surface area contributed by atoms with Crippen LogP contribution in [0.25, 0.3) is 0 Å². The van der Waals surface area contributed by atoms with E-state index in [9.17, 15) is 22.0 Å². The molecule has 2 aromatic heterocycles. The number of piperidine rings is 1. The van der Waals surface area contributed by atoms with Crippen LogP contribution in [0.4, 0.5) is 23.7 Å². The standard InChI is InChI=1S/C19H21F3N6O3S/c1-19(22,32(30,31)15-11-27(2)26-16(15)17(20)21)12-5-7-28(8-6-12)18(29)25-14-4-3-13(9-23)24-10-14/h3-4,10-12,17H,5-8H2,1-2H3,(H,25,29).